The van der Waals surface area contributed by atoms with Crippen LogP contribution in [0.2, 0.25) is 0 Å². The third-order valence-electron chi connectivity index (χ3n) is 3.76. The maximum absolute atomic E-state index is 14.0. The number of aliphatic hydroxyl groups excluding tert-OH is 1. The molecule has 1 aromatic carbocycles. The van der Waals surface area contributed by atoms with Crippen molar-refractivity contribution in [2.75, 3.05) is 24.3 Å². The van der Waals surface area contributed by atoms with E-state index in [4.69, 9.17) is 15.6 Å². The number of carbonyl (C=O) groups is 1. The predicted octanol–water partition coefficient (Wildman–Crippen LogP) is 2.86. The van der Waals surface area contributed by atoms with E-state index in [1.807, 2.05) is 0 Å². The van der Waals surface area contributed by atoms with E-state index in [1.165, 1.54) is 18.6 Å². The fourth-order valence-electron chi connectivity index (χ4n) is 2.39. The topological polar surface area (TPSA) is 123 Å². The Labute approximate surface area is 168 Å². The average molecular weight is 421 g/mol. The molecule has 152 valence electrons. The van der Waals surface area contributed by atoms with Gasteiger partial charge in [-0.2, -0.15) is 4.98 Å². The second-order valence-corrected chi connectivity index (χ2v) is 6.83. The highest BCUT2D eigenvalue weighted by Crippen LogP contribution is 2.34. The summed E-state index contributed by atoms with van der Waals surface area (Å²) < 4.78 is 33.5. The highest BCUT2D eigenvalue weighted by Gasteiger charge is 2.22. The summed E-state index contributed by atoms with van der Waals surface area (Å²) in [5, 5.41) is 11.3. The Morgan fingerprint density at radius 2 is 2.03 bits per heavy atom. The van der Waals surface area contributed by atoms with E-state index in [1.54, 1.807) is 0 Å². The summed E-state index contributed by atoms with van der Waals surface area (Å²) >= 11 is 0.798. The molecule has 11 heteroatoms. The SMILES string of the molecule is Nc1sc(-c2c(F)cccc2F)nc1C(=O)Nc1cncnc1OCCCCO. The number of nitrogens with one attached hydrogen (secondary N) is 1. The van der Waals surface area contributed by atoms with Gasteiger partial charge in [-0.25, -0.2) is 18.7 Å². The molecule has 0 saturated heterocycles. The minimum absolute atomic E-state index is 0.00224. The molecule has 1 amide bonds. The van der Waals surface area contributed by atoms with Crippen LogP contribution in [0.1, 0.15) is 23.3 Å². The second kappa shape index (κ2) is 9.34. The Balaban J connectivity index is 1.80. The Morgan fingerprint density at radius 1 is 1.28 bits per heavy atom. The van der Waals surface area contributed by atoms with Crippen LogP contribution in [0.3, 0.4) is 0 Å². The first-order chi connectivity index (χ1) is 14.0. The molecule has 4 N–H and O–H groups in total. The van der Waals surface area contributed by atoms with Crippen LogP contribution in [0.4, 0.5) is 19.5 Å². The molecule has 0 aliphatic heterocycles. The summed E-state index contributed by atoms with van der Waals surface area (Å²) in [6.07, 6.45) is 3.77. The zero-order chi connectivity index (χ0) is 20.8. The van der Waals surface area contributed by atoms with E-state index < -0.39 is 17.5 Å². The maximum Gasteiger partial charge on any atom is 0.277 e. The van der Waals surface area contributed by atoms with Crippen LogP contribution < -0.4 is 15.8 Å². The van der Waals surface area contributed by atoms with Gasteiger partial charge < -0.3 is 20.9 Å². The van der Waals surface area contributed by atoms with Crippen molar-refractivity contribution in [1.29, 1.82) is 0 Å². The monoisotopic (exact) mass is 421 g/mol. The number of carbonyl (C=O) groups excluding carboxylic acids is 1. The molecule has 0 spiro atoms. The van der Waals surface area contributed by atoms with Gasteiger partial charge in [0.1, 0.15) is 33.7 Å². The Hall–Kier alpha value is -3.18. The van der Waals surface area contributed by atoms with Crippen molar-refractivity contribution < 1.29 is 23.4 Å². The molecule has 0 saturated carbocycles. The number of halogens is 2. The lowest BCUT2D eigenvalue weighted by atomic mass is 10.2. The number of benzene rings is 1. The van der Waals surface area contributed by atoms with Gasteiger partial charge in [0.05, 0.1) is 18.4 Å². The predicted molar refractivity (Wildman–Crippen MR) is 104 cm³/mol. The zero-order valence-electron chi connectivity index (χ0n) is 15.1. The summed E-state index contributed by atoms with van der Waals surface area (Å²) in [6.45, 7) is 0.334. The molecule has 0 aliphatic rings. The van der Waals surface area contributed by atoms with Crippen LogP contribution in [0.5, 0.6) is 5.88 Å². The van der Waals surface area contributed by atoms with Crippen molar-refractivity contribution in [1.82, 2.24) is 15.0 Å². The van der Waals surface area contributed by atoms with E-state index in [9.17, 15) is 13.6 Å². The first-order valence-corrected chi connectivity index (χ1v) is 9.38. The molecule has 0 atom stereocenters. The molecule has 3 aromatic rings. The summed E-state index contributed by atoms with van der Waals surface area (Å²) in [6, 6.07) is 3.42. The average Bonchev–Trinajstić information content (AvgIpc) is 3.07. The molecule has 0 radical (unpaired) electrons. The van der Waals surface area contributed by atoms with Gasteiger partial charge in [0.15, 0.2) is 5.69 Å². The van der Waals surface area contributed by atoms with Gasteiger partial charge in [0.2, 0.25) is 5.88 Å². The lowest BCUT2D eigenvalue weighted by Gasteiger charge is -2.10. The minimum atomic E-state index is -0.805. The lowest BCUT2D eigenvalue weighted by molar-refractivity contribution is 0.102. The van der Waals surface area contributed by atoms with Crippen molar-refractivity contribution in [3.8, 4) is 16.5 Å². The number of aliphatic hydroxyl groups is 1. The van der Waals surface area contributed by atoms with Gasteiger partial charge in [0, 0.05) is 6.61 Å². The number of hydrogen-bond acceptors (Lipinski definition) is 8. The molecule has 0 aliphatic carbocycles. The Bertz CT molecular complexity index is 995. The molecule has 2 aromatic heterocycles. The number of rotatable bonds is 8. The van der Waals surface area contributed by atoms with Crippen molar-refractivity contribution in [3.63, 3.8) is 0 Å². The fourth-order valence-corrected chi connectivity index (χ4v) is 3.26. The number of thiazole rings is 1. The molecular formula is C18H17F2N5O3S. The number of hydrogen-bond donors (Lipinski definition) is 3. The molecule has 2 heterocycles. The van der Waals surface area contributed by atoms with E-state index in [0.717, 1.165) is 23.5 Å². The van der Waals surface area contributed by atoms with Crippen LogP contribution in [0, 0.1) is 11.6 Å². The molecule has 0 unspecified atom stereocenters. The number of ether oxygens (including phenoxy) is 1. The van der Waals surface area contributed by atoms with E-state index in [2.05, 4.69) is 20.3 Å². The third kappa shape index (κ3) is 4.81. The third-order valence-corrected chi connectivity index (χ3v) is 4.66. The first kappa shape index (κ1) is 20.6. The van der Waals surface area contributed by atoms with Gasteiger partial charge in [-0.3, -0.25) is 4.79 Å². The number of nitrogen functional groups attached to an aromatic ring is 1. The number of nitrogens with two attached hydrogens (primary N) is 1. The highest BCUT2D eigenvalue weighted by molar-refractivity contribution is 7.19. The smallest absolute Gasteiger partial charge is 0.277 e. The van der Waals surface area contributed by atoms with Crippen molar-refractivity contribution >= 4 is 27.9 Å². The largest absolute Gasteiger partial charge is 0.476 e. The summed E-state index contributed by atoms with van der Waals surface area (Å²) in [7, 11) is 0. The van der Waals surface area contributed by atoms with E-state index in [-0.39, 0.29) is 46.0 Å². The van der Waals surface area contributed by atoms with Crippen molar-refractivity contribution in [2.24, 2.45) is 0 Å². The van der Waals surface area contributed by atoms with Crippen LogP contribution in [0.15, 0.2) is 30.7 Å². The highest BCUT2D eigenvalue weighted by atomic mass is 32.1. The Kier molecular flexibility index (Phi) is 6.62. The minimum Gasteiger partial charge on any atom is -0.476 e. The maximum atomic E-state index is 14.0. The van der Waals surface area contributed by atoms with E-state index in [0.29, 0.717) is 12.8 Å². The number of aromatic nitrogens is 3. The summed E-state index contributed by atoms with van der Waals surface area (Å²) in [5.74, 6) is -2.17. The van der Waals surface area contributed by atoms with Gasteiger partial charge in [-0.1, -0.05) is 17.4 Å². The van der Waals surface area contributed by atoms with Crippen LogP contribution in [0.25, 0.3) is 10.6 Å². The molecule has 8 nitrogen and oxygen atoms in total. The van der Waals surface area contributed by atoms with Gasteiger partial charge >= 0.3 is 0 Å². The van der Waals surface area contributed by atoms with Gasteiger partial charge in [-0.05, 0) is 25.0 Å². The van der Waals surface area contributed by atoms with Crippen LogP contribution in [-0.4, -0.2) is 39.2 Å². The first-order valence-electron chi connectivity index (χ1n) is 8.57. The molecule has 3 rings (SSSR count). The van der Waals surface area contributed by atoms with E-state index >= 15 is 0 Å². The van der Waals surface area contributed by atoms with Gasteiger partial charge in [0.25, 0.3) is 5.91 Å². The molecule has 29 heavy (non-hydrogen) atoms. The number of unbranched alkanes of at least 4 members (excludes halogenated alkanes) is 1. The molecular weight excluding hydrogens is 404 g/mol. The quantitative estimate of drug-likeness (QED) is 0.478. The fraction of sp³-hybridized carbons (Fsp3) is 0.222. The summed E-state index contributed by atoms with van der Waals surface area (Å²) in [5.41, 5.74) is 5.51. The van der Waals surface area contributed by atoms with Crippen molar-refractivity contribution in [3.05, 3.63) is 48.1 Å². The second-order valence-electron chi connectivity index (χ2n) is 5.80. The zero-order valence-corrected chi connectivity index (χ0v) is 15.9. The van der Waals surface area contributed by atoms with Crippen molar-refractivity contribution in [2.45, 2.75) is 12.8 Å². The molecule has 0 fully saturated rings. The Morgan fingerprint density at radius 3 is 2.76 bits per heavy atom. The van der Waals surface area contributed by atoms with Crippen LogP contribution in [-0.2, 0) is 0 Å². The summed E-state index contributed by atoms with van der Waals surface area (Å²) in [4.78, 5) is 24.4. The molecule has 0 bridgehead atoms. The van der Waals surface area contributed by atoms with Crippen LogP contribution >= 0.6 is 11.3 Å². The number of anilines is 2. The number of nitrogens with zero attached hydrogens (tertiary/aromatic N) is 3. The number of amides is 1. The standard InChI is InChI=1S/C18H17F2N5O3S/c19-10-4-3-5-11(20)13(10)18-25-14(15(21)29-18)16(27)24-12-8-22-9-23-17(12)28-7-2-1-6-26/h3-5,8-9,26H,1-2,6-7,21H2,(H,24,27). The van der Waals surface area contributed by atoms with Gasteiger partial charge in [-0.15, -0.1) is 0 Å². The lowest BCUT2D eigenvalue weighted by Crippen LogP contribution is -2.16. The normalized spacial score (nSPS) is 10.7.